The molecule has 0 spiro atoms. The summed E-state index contributed by atoms with van der Waals surface area (Å²) >= 11 is 0. The van der Waals surface area contributed by atoms with Crippen molar-refractivity contribution in [2.45, 2.75) is 77.0 Å². The van der Waals surface area contributed by atoms with Gasteiger partial charge >= 0.3 is 67.8 Å². The molecule has 2 N–H and O–H groups in total. The normalized spacial score (nSPS) is 9.82. The van der Waals surface area contributed by atoms with Crippen molar-refractivity contribution >= 4 is 18.7 Å². The molecule has 9 nitrogen and oxygen atoms in total. The number of rotatable bonds is 10. The molecule has 0 aliphatic rings. The molecule has 2 aromatic rings. The average Bonchev–Trinajstić information content (AvgIpc) is 3.09. The van der Waals surface area contributed by atoms with Gasteiger partial charge in [-0.1, -0.05) is 107 Å². The Bertz CT molecular complexity index is 1010. The number of benzene rings is 2. The largest absolute Gasteiger partial charge is 0 e. The summed E-state index contributed by atoms with van der Waals surface area (Å²) in [4.78, 5) is 0. The first kappa shape index (κ1) is 58.1. The van der Waals surface area contributed by atoms with Crippen molar-refractivity contribution in [1.82, 2.24) is 0 Å². The van der Waals surface area contributed by atoms with Gasteiger partial charge in [0.05, 0.1) is 6.10 Å². The van der Waals surface area contributed by atoms with Crippen molar-refractivity contribution in [2.24, 2.45) is 0 Å². The van der Waals surface area contributed by atoms with E-state index in [2.05, 4.69) is 128 Å². The molecule has 0 saturated heterocycles. The van der Waals surface area contributed by atoms with Gasteiger partial charge in [-0.3, -0.25) is 0 Å². The van der Waals surface area contributed by atoms with E-state index in [1.807, 2.05) is 12.1 Å². The van der Waals surface area contributed by atoms with Crippen LogP contribution >= 0.6 is 0 Å². The number of aliphatic hydroxyl groups is 2. The van der Waals surface area contributed by atoms with E-state index < -0.39 is 20.5 Å². The van der Waals surface area contributed by atoms with Gasteiger partial charge in [-0.25, -0.2) is 0 Å². The van der Waals surface area contributed by atoms with Gasteiger partial charge in [-0.2, -0.15) is 0 Å². The smallest absolute Gasteiger partial charge is 0 e. The number of aliphatic hydroxyl groups excluding tert-OH is 2. The number of hydrogen-bond acceptors (Lipinski definition) is 3. The van der Waals surface area contributed by atoms with Crippen LogP contribution in [0.25, 0.3) is 0 Å². The summed E-state index contributed by atoms with van der Waals surface area (Å²) < 4.78 is 51.8. The van der Waals surface area contributed by atoms with Gasteiger partial charge in [0.15, 0.2) is 0 Å². The Morgan fingerprint density at radius 3 is 1.42 bits per heavy atom. The van der Waals surface area contributed by atoms with Crippen LogP contribution < -0.4 is 10.4 Å². The van der Waals surface area contributed by atoms with Crippen LogP contribution in [0.3, 0.4) is 0 Å². The fourth-order valence-corrected chi connectivity index (χ4v) is 8.60. The van der Waals surface area contributed by atoms with E-state index in [4.69, 9.17) is 32.3 Å². The minimum atomic E-state index is -2.50. The number of hydrogen-bond donors (Lipinski definition) is 2. The zero-order chi connectivity index (χ0) is 34.7. The SMILES string of the molecule is CCCCC(O)C(O)C#CCCCO[Si](c1ccccc1)(c1ccccc1)C(C)(C)C.[C-]#[O+].[C-]#[O+].[C-]#[O+].[C-]#[O+].[C-]#[O+].[C-]#[O+].[Co].[Co]. The van der Waals surface area contributed by atoms with Crippen molar-refractivity contribution in [3.63, 3.8) is 0 Å². The Balaban J connectivity index is -0.000000184. The van der Waals surface area contributed by atoms with E-state index in [0.717, 1.165) is 19.3 Å². The van der Waals surface area contributed by atoms with Crippen LogP contribution in [0.15, 0.2) is 60.7 Å². The molecule has 0 amide bonds. The van der Waals surface area contributed by atoms with E-state index in [1.165, 1.54) is 10.4 Å². The van der Waals surface area contributed by atoms with Crippen molar-refractivity contribution in [2.75, 3.05) is 6.61 Å². The molecule has 2 aromatic carbocycles. The van der Waals surface area contributed by atoms with Crippen LogP contribution in [-0.2, 0) is 65.9 Å². The summed E-state index contributed by atoms with van der Waals surface area (Å²) in [6.07, 6.45) is 2.17. The molecule has 0 fully saturated rings. The quantitative estimate of drug-likeness (QED) is 0.124. The van der Waals surface area contributed by atoms with E-state index in [0.29, 0.717) is 19.4 Å². The van der Waals surface area contributed by atoms with Crippen molar-refractivity contribution in [3.05, 3.63) is 101 Å². The van der Waals surface area contributed by atoms with Crippen LogP contribution in [0.4, 0.5) is 0 Å². The Labute approximate surface area is 289 Å². The van der Waals surface area contributed by atoms with E-state index >= 15 is 0 Å². The second-order valence-corrected chi connectivity index (χ2v) is 13.4. The summed E-state index contributed by atoms with van der Waals surface area (Å²) in [5.41, 5.74) is 0. The molecule has 0 aliphatic carbocycles. The first-order chi connectivity index (χ1) is 20.8. The molecular weight excluding hydrogens is 686 g/mol. The van der Waals surface area contributed by atoms with Crippen molar-refractivity contribution in [3.8, 4) is 11.8 Å². The molecule has 0 aliphatic heterocycles. The number of unbranched alkanes of at least 4 members (excludes halogenated alkanes) is 2. The van der Waals surface area contributed by atoms with Crippen LogP contribution in [0.5, 0.6) is 0 Å². The van der Waals surface area contributed by atoms with E-state index in [1.54, 1.807) is 0 Å². The van der Waals surface area contributed by atoms with Crippen LogP contribution in [0.2, 0.25) is 5.04 Å². The third-order valence-electron chi connectivity index (χ3n) is 5.65. The van der Waals surface area contributed by atoms with Gasteiger partial charge in [0.25, 0.3) is 8.32 Å². The van der Waals surface area contributed by atoms with Crippen LogP contribution in [-0.4, -0.2) is 37.3 Å². The van der Waals surface area contributed by atoms with Gasteiger partial charge in [0.2, 0.25) is 0 Å². The summed E-state index contributed by atoms with van der Waals surface area (Å²) in [5.74, 6) is 5.82. The van der Waals surface area contributed by atoms with Crippen molar-refractivity contribution in [1.29, 1.82) is 0 Å². The standard InChI is InChI=1S/C27H38O3Si.6CO.2Co/c1-5-6-20-25(28)26(29)21-14-9-15-22-30-31(27(2,3)4,23-16-10-7-11-17-23)24-18-12-8-13-19-24;6*1-2;;/h7-8,10-13,16-19,25-26,28-29H,5-6,9,15,20,22H2,1-4H3;;;;;;;;. The minimum Gasteiger partial charge on any atom is 0 e. The van der Waals surface area contributed by atoms with E-state index in [-0.39, 0.29) is 38.6 Å². The van der Waals surface area contributed by atoms with E-state index in [9.17, 15) is 10.2 Å². The molecule has 0 saturated carbocycles. The molecule has 45 heavy (non-hydrogen) atoms. The second kappa shape index (κ2) is 41.5. The molecular formula is C33H38Co2O9Si. The molecule has 2 rings (SSSR count). The Morgan fingerprint density at radius 1 is 0.711 bits per heavy atom. The van der Waals surface area contributed by atoms with Gasteiger partial charge in [0, 0.05) is 46.6 Å². The third kappa shape index (κ3) is 23.5. The minimum absolute atomic E-state index is 0. The molecule has 0 bridgehead atoms. The first-order valence-corrected chi connectivity index (χ1v) is 14.6. The van der Waals surface area contributed by atoms with Gasteiger partial charge in [0.1, 0.15) is 6.10 Å². The molecule has 2 radical (unpaired) electrons. The Kier molecular flexibility index (Phi) is 53.7. The third-order valence-corrected chi connectivity index (χ3v) is 10.7. The zero-order valence-electron chi connectivity index (χ0n) is 25.6. The van der Waals surface area contributed by atoms with Gasteiger partial charge in [-0.05, 0) is 28.3 Å². The summed E-state index contributed by atoms with van der Waals surface area (Å²) in [7, 11) is -2.50. The fraction of sp³-hybridized carbons (Fsp3) is 0.394. The maximum atomic E-state index is 9.99. The topological polar surface area (TPSA) is 169 Å². The maximum absolute atomic E-state index is 9.99. The predicted molar refractivity (Wildman–Crippen MR) is 156 cm³/mol. The first-order valence-electron chi connectivity index (χ1n) is 12.6. The summed E-state index contributed by atoms with van der Waals surface area (Å²) in [5, 5.41) is 22.4. The zero-order valence-corrected chi connectivity index (χ0v) is 28.7. The van der Waals surface area contributed by atoms with Crippen LogP contribution in [0.1, 0.15) is 59.8 Å². The second-order valence-electron chi connectivity index (χ2n) is 9.09. The fourth-order valence-electron chi connectivity index (χ4n) is 3.99. The molecule has 0 heterocycles. The average molecular weight is 725 g/mol. The maximum Gasteiger partial charge on any atom is 0 e. The molecule has 2 unspecified atom stereocenters. The Hall–Kier alpha value is -2.45. The summed E-state index contributed by atoms with van der Waals surface area (Å²) in [6, 6.07) is 21.2. The molecule has 246 valence electrons. The molecule has 12 heteroatoms. The monoisotopic (exact) mass is 724 g/mol. The van der Waals surface area contributed by atoms with Crippen molar-refractivity contribution < 1.29 is 76.1 Å². The molecule has 0 aromatic heterocycles. The summed E-state index contributed by atoms with van der Waals surface area (Å²) in [6.45, 7) is 36.5. The Morgan fingerprint density at radius 2 is 1.09 bits per heavy atom. The van der Waals surface area contributed by atoms with Gasteiger partial charge in [-0.15, -0.1) is 5.92 Å². The predicted octanol–water partition coefficient (Wildman–Crippen LogP) is 4.03. The van der Waals surface area contributed by atoms with Gasteiger partial charge < -0.3 is 14.6 Å². The molecule has 2 atom stereocenters. The van der Waals surface area contributed by atoms with Crippen LogP contribution in [0, 0.1) is 51.7 Å².